The Morgan fingerprint density at radius 2 is 1.97 bits per heavy atom. The second-order valence-corrected chi connectivity index (χ2v) is 6.53. The first-order chi connectivity index (χ1) is 13.9. The van der Waals surface area contributed by atoms with Crippen molar-refractivity contribution in [3.63, 3.8) is 0 Å². The van der Waals surface area contributed by atoms with Crippen LogP contribution in [0.15, 0.2) is 59.1 Å². The minimum atomic E-state index is -0.501. The van der Waals surface area contributed by atoms with Crippen LogP contribution in [0.4, 0.5) is 11.4 Å². The number of nitrogens with zero attached hydrogens (tertiary/aromatic N) is 3. The van der Waals surface area contributed by atoms with E-state index in [-0.39, 0.29) is 11.3 Å². The number of pyridine rings is 1. The number of rotatable bonds is 4. The van der Waals surface area contributed by atoms with Crippen molar-refractivity contribution < 1.29 is 14.1 Å². The Morgan fingerprint density at radius 1 is 1.14 bits per heavy atom. The number of carbonyl (C=O) groups excluding carboxylic acids is 1. The standard InChI is InChI=1S/C21H16N4O4/c1-12-8-9-14(11-17(12)25(27)28)20(26)23-16-6-3-5-15(13(16)2)21-24-19-18(29-21)7-4-10-22-19/h3-11H,1-2H3,(H,23,26). The van der Waals surface area contributed by atoms with Crippen molar-refractivity contribution >= 4 is 28.5 Å². The summed E-state index contributed by atoms with van der Waals surface area (Å²) < 4.78 is 5.77. The molecule has 0 saturated heterocycles. The number of amides is 1. The molecular weight excluding hydrogens is 372 g/mol. The van der Waals surface area contributed by atoms with Crippen molar-refractivity contribution in [1.82, 2.24) is 9.97 Å². The van der Waals surface area contributed by atoms with Crippen LogP contribution in [0, 0.1) is 24.0 Å². The summed E-state index contributed by atoms with van der Waals surface area (Å²) in [7, 11) is 0. The fourth-order valence-electron chi connectivity index (χ4n) is 3.03. The molecule has 2 aromatic carbocycles. The molecule has 4 rings (SSSR count). The Bertz CT molecular complexity index is 1230. The van der Waals surface area contributed by atoms with E-state index in [1.165, 1.54) is 6.07 Å². The molecule has 0 saturated carbocycles. The second kappa shape index (κ2) is 7.16. The molecule has 144 valence electrons. The van der Waals surface area contributed by atoms with E-state index < -0.39 is 10.8 Å². The Kier molecular flexibility index (Phi) is 4.52. The highest BCUT2D eigenvalue weighted by molar-refractivity contribution is 6.05. The monoisotopic (exact) mass is 388 g/mol. The normalized spacial score (nSPS) is 10.8. The summed E-state index contributed by atoms with van der Waals surface area (Å²) in [6.07, 6.45) is 1.64. The van der Waals surface area contributed by atoms with Gasteiger partial charge < -0.3 is 9.73 Å². The zero-order valence-corrected chi connectivity index (χ0v) is 15.7. The van der Waals surface area contributed by atoms with Gasteiger partial charge in [-0.2, -0.15) is 4.98 Å². The molecule has 0 unspecified atom stereocenters. The number of nitro groups is 1. The van der Waals surface area contributed by atoms with E-state index in [1.54, 1.807) is 49.5 Å². The van der Waals surface area contributed by atoms with Gasteiger partial charge in [0.1, 0.15) is 0 Å². The minimum Gasteiger partial charge on any atom is -0.434 e. The molecule has 1 N–H and O–H groups in total. The number of anilines is 1. The van der Waals surface area contributed by atoms with Crippen LogP contribution < -0.4 is 5.32 Å². The molecule has 1 amide bonds. The van der Waals surface area contributed by atoms with E-state index in [4.69, 9.17) is 4.42 Å². The zero-order valence-electron chi connectivity index (χ0n) is 15.7. The predicted octanol–water partition coefficient (Wildman–Crippen LogP) is 4.67. The summed E-state index contributed by atoms with van der Waals surface area (Å²) in [4.78, 5) is 31.9. The smallest absolute Gasteiger partial charge is 0.273 e. The molecular formula is C21H16N4O4. The summed E-state index contributed by atoms with van der Waals surface area (Å²) in [5.41, 5.74) is 3.72. The molecule has 0 bridgehead atoms. The maximum atomic E-state index is 12.7. The molecule has 0 aliphatic heterocycles. The maximum absolute atomic E-state index is 12.7. The molecule has 0 fully saturated rings. The highest BCUT2D eigenvalue weighted by Gasteiger charge is 2.17. The Balaban J connectivity index is 1.66. The lowest BCUT2D eigenvalue weighted by Crippen LogP contribution is -2.13. The van der Waals surface area contributed by atoms with Crippen LogP contribution in [-0.2, 0) is 0 Å². The van der Waals surface area contributed by atoms with Crippen molar-refractivity contribution in [1.29, 1.82) is 0 Å². The van der Waals surface area contributed by atoms with Gasteiger partial charge in [0.05, 0.1) is 4.92 Å². The third kappa shape index (κ3) is 3.43. The molecule has 2 aromatic heterocycles. The predicted molar refractivity (Wildman–Crippen MR) is 108 cm³/mol. The van der Waals surface area contributed by atoms with Crippen molar-refractivity contribution in [3.8, 4) is 11.5 Å². The number of nitro benzene ring substituents is 1. The Hall–Kier alpha value is -4.07. The number of oxazole rings is 1. The fourth-order valence-corrected chi connectivity index (χ4v) is 3.03. The van der Waals surface area contributed by atoms with Gasteiger partial charge in [-0.05, 0) is 49.7 Å². The number of carbonyl (C=O) groups is 1. The summed E-state index contributed by atoms with van der Waals surface area (Å²) in [5.74, 6) is -0.0362. The van der Waals surface area contributed by atoms with E-state index in [1.807, 2.05) is 13.0 Å². The number of aromatic nitrogens is 2. The van der Waals surface area contributed by atoms with Gasteiger partial charge in [-0.1, -0.05) is 12.1 Å². The van der Waals surface area contributed by atoms with E-state index in [0.717, 1.165) is 11.1 Å². The molecule has 2 heterocycles. The molecule has 8 nitrogen and oxygen atoms in total. The molecule has 29 heavy (non-hydrogen) atoms. The lowest BCUT2D eigenvalue weighted by atomic mass is 10.1. The summed E-state index contributed by atoms with van der Waals surface area (Å²) >= 11 is 0. The lowest BCUT2D eigenvalue weighted by molar-refractivity contribution is -0.385. The molecule has 4 aromatic rings. The van der Waals surface area contributed by atoms with Crippen LogP contribution in [0.25, 0.3) is 22.7 Å². The third-order valence-corrected chi connectivity index (χ3v) is 4.65. The van der Waals surface area contributed by atoms with Gasteiger partial charge in [0.25, 0.3) is 11.6 Å². The number of hydrogen-bond acceptors (Lipinski definition) is 6. The van der Waals surface area contributed by atoms with Crippen LogP contribution in [0.1, 0.15) is 21.5 Å². The van der Waals surface area contributed by atoms with Crippen molar-refractivity contribution in [2.24, 2.45) is 0 Å². The minimum absolute atomic E-state index is 0.0953. The van der Waals surface area contributed by atoms with Crippen LogP contribution >= 0.6 is 0 Å². The third-order valence-electron chi connectivity index (χ3n) is 4.65. The van der Waals surface area contributed by atoms with Crippen molar-refractivity contribution in [2.75, 3.05) is 5.32 Å². The number of benzene rings is 2. The largest absolute Gasteiger partial charge is 0.434 e. The van der Waals surface area contributed by atoms with E-state index in [0.29, 0.717) is 28.4 Å². The van der Waals surface area contributed by atoms with Gasteiger partial charge in [0.2, 0.25) is 5.89 Å². The number of hydrogen-bond donors (Lipinski definition) is 1. The quantitative estimate of drug-likeness (QED) is 0.402. The van der Waals surface area contributed by atoms with Crippen LogP contribution in [0.5, 0.6) is 0 Å². The molecule has 0 aliphatic carbocycles. The number of nitrogens with one attached hydrogen (secondary N) is 1. The number of fused-ring (bicyclic) bond motifs is 1. The van der Waals surface area contributed by atoms with Gasteiger partial charge in [0, 0.05) is 34.6 Å². The first-order valence-electron chi connectivity index (χ1n) is 8.82. The average Bonchev–Trinajstić information content (AvgIpc) is 3.13. The summed E-state index contributed by atoms with van der Waals surface area (Å²) in [6.45, 7) is 3.47. The summed E-state index contributed by atoms with van der Waals surface area (Å²) in [6, 6.07) is 13.3. The molecule has 0 radical (unpaired) electrons. The van der Waals surface area contributed by atoms with Crippen molar-refractivity contribution in [2.45, 2.75) is 13.8 Å². The molecule has 8 heteroatoms. The van der Waals surface area contributed by atoms with Gasteiger partial charge in [-0.15, -0.1) is 0 Å². The van der Waals surface area contributed by atoms with E-state index >= 15 is 0 Å². The van der Waals surface area contributed by atoms with Crippen LogP contribution in [-0.4, -0.2) is 20.8 Å². The van der Waals surface area contributed by atoms with Gasteiger partial charge in [-0.3, -0.25) is 14.9 Å². The van der Waals surface area contributed by atoms with E-state index in [9.17, 15) is 14.9 Å². The first kappa shape index (κ1) is 18.3. The highest BCUT2D eigenvalue weighted by Crippen LogP contribution is 2.30. The van der Waals surface area contributed by atoms with Gasteiger partial charge in [-0.25, -0.2) is 4.98 Å². The molecule has 0 aliphatic rings. The topological polar surface area (TPSA) is 111 Å². The van der Waals surface area contributed by atoms with Gasteiger partial charge >= 0.3 is 0 Å². The van der Waals surface area contributed by atoms with Crippen LogP contribution in [0.2, 0.25) is 0 Å². The maximum Gasteiger partial charge on any atom is 0.273 e. The zero-order chi connectivity index (χ0) is 20.5. The fraction of sp³-hybridized carbons (Fsp3) is 0.0952. The summed E-state index contributed by atoms with van der Waals surface area (Å²) in [5, 5.41) is 13.9. The number of aryl methyl sites for hydroxylation is 1. The van der Waals surface area contributed by atoms with Crippen LogP contribution in [0.3, 0.4) is 0 Å². The van der Waals surface area contributed by atoms with E-state index in [2.05, 4.69) is 15.3 Å². The van der Waals surface area contributed by atoms with Crippen molar-refractivity contribution in [3.05, 3.63) is 81.5 Å². The molecule has 0 spiro atoms. The SMILES string of the molecule is Cc1ccc(C(=O)Nc2cccc(-c3nc4ncccc4o3)c2C)cc1[N+](=O)[O-]. The first-order valence-corrected chi connectivity index (χ1v) is 8.82. The molecule has 0 atom stereocenters. The highest BCUT2D eigenvalue weighted by atomic mass is 16.6. The van der Waals surface area contributed by atoms with Gasteiger partial charge in [0.15, 0.2) is 11.2 Å². The Labute approximate surface area is 165 Å². The lowest BCUT2D eigenvalue weighted by Gasteiger charge is -2.11. The second-order valence-electron chi connectivity index (χ2n) is 6.53. The average molecular weight is 388 g/mol. The Morgan fingerprint density at radius 3 is 2.72 bits per heavy atom.